The second kappa shape index (κ2) is 11.1. The smallest absolute Gasteiger partial charge is 0.243 e. The van der Waals surface area contributed by atoms with Crippen molar-refractivity contribution in [3.05, 3.63) is 60.0 Å². The Hall–Kier alpha value is -3.73. The summed E-state index contributed by atoms with van der Waals surface area (Å²) in [5.74, 6) is 0.863. The van der Waals surface area contributed by atoms with Crippen LogP contribution in [0.1, 0.15) is 24.2 Å². The molecule has 0 atom stereocenters. The van der Waals surface area contributed by atoms with Gasteiger partial charge >= 0.3 is 0 Å². The van der Waals surface area contributed by atoms with Gasteiger partial charge in [-0.25, -0.2) is 4.98 Å². The number of carbonyl (C=O) groups is 3. The van der Waals surface area contributed by atoms with Gasteiger partial charge in [-0.1, -0.05) is 35.5 Å². The summed E-state index contributed by atoms with van der Waals surface area (Å²) >= 11 is 1.21. The third-order valence-electron chi connectivity index (χ3n) is 5.55. The van der Waals surface area contributed by atoms with Crippen LogP contribution in [-0.2, 0) is 20.9 Å². The third kappa shape index (κ3) is 6.24. The average molecular weight is 494 g/mol. The number of pyridine rings is 1. The summed E-state index contributed by atoms with van der Waals surface area (Å²) in [6, 6.07) is 13.0. The van der Waals surface area contributed by atoms with E-state index in [-0.39, 0.29) is 30.0 Å². The quantitative estimate of drug-likeness (QED) is 0.455. The molecule has 1 aliphatic rings. The van der Waals surface area contributed by atoms with Crippen LogP contribution in [0.4, 0.5) is 5.69 Å². The Morgan fingerprint density at radius 1 is 1.14 bits per heavy atom. The van der Waals surface area contributed by atoms with Crippen molar-refractivity contribution < 1.29 is 14.4 Å². The number of likely N-dealkylation sites (tertiary alicyclic amines) is 1. The van der Waals surface area contributed by atoms with Gasteiger partial charge in [0.1, 0.15) is 5.82 Å². The van der Waals surface area contributed by atoms with Gasteiger partial charge in [0.25, 0.3) is 0 Å². The zero-order chi connectivity index (χ0) is 24.8. The molecule has 0 bridgehead atoms. The molecule has 1 aliphatic heterocycles. The van der Waals surface area contributed by atoms with E-state index in [0.717, 1.165) is 12.0 Å². The number of likely N-dealkylation sites (N-methyl/N-ethyl adjacent to an activating group) is 1. The van der Waals surface area contributed by atoms with Crippen molar-refractivity contribution in [2.24, 2.45) is 0 Å². The van der Waals surface area contributed by atoms with E-state index in [1.54, 1.807) is 22.7 Å². The van der Waals surface area contributed by atoms with Gasteiger partial charge in [-0.2, -0.15) is 0 Å². The minimum atomic E-state index is -0.274. The monoisotopic (exact) mass is 493 g/mol. The van der Waals surface area contributed by atoms with Gasteiger partial charge in [-0.05, 0) is 37.6 Å². The molecule has 3 amide bonds. The first-order valence-electron chi connectivity index (χ1n) is 11.3. The molecule has 3 aromatic rings. The fraction of sp³-hybridized carbons (Fsp3) is 0.333. The molecule has 1 saturated heterocycles. The van der Waals surface area contributed by atoms with Crippen LogP contribution in [0.5, 0.6) is 0 Å². The zero-order valence-electron chi connectivity index (χ0n) is 19.7. The molecule has 0 unspecified atom stereocenters. The number of rotatable bonds is 9. The predicted octanol–water partition coefficient (Wildman–Crippen LogP) is 2.28. The van der Waals surface area contributed by atoms with Crippen LogP contribution in [0.2, 0.25) is 0 Å². The van der Waals surface area contributed by atoms with Gasteiger partial charge in [0.15, 0.2) is 11.0 Å². The summed E-state index contributed by atoms with van der Waals surface area (Å²) in [7, 11) is 1.59. The molecule has 2 aromatic heterocycles. The normalized spacial score (nSPS) is 13.2. The average Bonchev–Trinajstić information content (AvgIpc) is 3.45. The zero-order valence-corrected chi connectivity index (χ0v) is 20.5. The van der Waals surface area contributed by atoms with E-state index in [1.165, 1.54) is 16.7 Å². The number of aryl methyl sites for hydroxylation is 1. The van der Waals surface area contributed by atoms with E-state index in [1.807, 2.05) is 49.4 Å². The number of benzene rings is 1. The molecule has 1 fully saturated rings. The van der Waals surface area contributed by atoms with Crippen LogP contribution in [-0.4, -0.2) is 73.2 Å². The van der Waals surface area contributed by atoms with Crippen molar-refractivity contribution in [3.8, 4) is 5.82 Å². The van der Waals surface area contributed by atoms with Crippen LogP contribution >= 0.6 is 11.8 Å². The van der Waals surface area contributed by atoms with Gasteiger partial charge in [0.05, 0.1) is 18.8 Å². The van der Waals surface area contributed by atoms with Gasteiger partial charge in [-0.3, -0.25) is 19.0 Å². The first-order valence-corrected chi connectivity index (χ1v) is 12.3. The van der Waals surface area contributed by atoms with Gasteiger partial charge in [-0.15, -0.1) is 10.2 Å². The Labute approximate surface area is 207 Å². The van der Waals surface area contributed by atoms with Crippen LogP contribution in [0.25, 0.3) is 5.82 Å². The molecule has 11 heteroatoms. The maximum atomic E-state index is 12.7. The number of hydrogen-bond acceptors (Lipinski definition) is 7. The van der Waals surface area contributed by atoms with Crippen LogP contribution < -0.4 is 5.32 Å². The Morgan fingerprint density at radius 3 is 2.63 bits per heavy atom. The van der Waals surface area contributed by atoms with Crippen molar-refractivity contribution in [1.29, 1.82) is 0 Å². The molecule has 35 heavy (non-hydrogen) atoms. The highest BCUT2D eigenvalue weighted by Crippen LogP contribution is 2.23. The largest absolute Gasteiger partial charge is 0.336 e. The van der Waals surface area contributed by atoms with Gasteiger partial charge in [0, 0.05) is 31.9 Å². The van der Waals surface area contributed by atoms with E-state index in [0.29, 0.717) is 42.0 Å². The van der Waals surface area contributed by atoms with Crippen LogP contribution in [0.15, 0.2) is 53.8 Å². The lowest BCUT2D eigenvalue weighted by atomic mass is 10.2. The van der Waals surface area contributed by atoms with Crippen molar-refractivity contribution in [1.82, 2.24) is 29.5 Å². The van der Waals surface area contributed by atoms with E-state index < -0.39 is 0 Å². The highest BCUT2D eigenvalue weighted by molar-refractivity contribution is 7.99. The van der Waals surface area contributed by atoms with E-state index in [4.69, 9.17) is 0 Å². The van der Waals surface area contributed by atoms with Crippen LogP contribution in [0.3, 0.4) is 0 Å². The molecular formula is C24H27N7O3S. The minimum absolute atomic E-state index is 0.0669. The summed E-state index contributed by atoms with van der Waals surface area (Å²) in [4.78, 5) is 44.7. The molecule has 1 aromatic carbocycles. The Bertz CT molecular complexity index is 1200. The van der Waals surface area contributed by atoms with E-state index in [2.05, 4.69) is 20.5 Å². The first kappa shape index (κ1) is 24.4. The SMILES string of the molecule is Cc1ccc(NC(=O)CN(C)C(=O)CSc2nnc(CN3CCCC3=O)n2-c2ccccn2)cc1. The fourth-order valence-electron chi connectivity index (χ4n) is 3.63. The molecule has 1 N–H and O–H groups in total. The van der Waals surface area contributed by atoms with Gasteiger partial charge in [0.2, 0.25) is 17.7 Å². The molecule has 182 valence electrons. The number of amides is 3. The molecule has 0 radical (unpaired) electrons. The first-order chi connectivity index (χ1) is 16.9. The number of carbonyl (C=O) groups excluding carboxylic acids is 3. The second-order valence-corrected chi connectivity index (χ2v) is 9.24. The summed E-state index contributed by atoms with van der Waals surface area (Å²) in [5.41, 5.74) is 1.78. The number of nitrogens with one attached hydrogen (secondary N) is 1. The summed E-state index contributed by atoms with van der Waals surface area (Å²) in [6.45, 7) is 2.92. The molecular weight excluding hydrogens is 466 g/mol. The maximum absolute atomic E-state index is 12.7. The molecule has 4 rings (SSSR count). The topological polar surface area (TPSA) is 113 Å². The Balaban J connectivity index is 1.40. The molecule has 10 nitrogen and oxygen atoms in total. The van der Waals surface area contributed by atoms with Crippen molar-refractivity contribution >= 4 is 35.2 Å². The predicted molar refractivity (Wildman–Crippen MR) is 132 cm³/mol. The summed E-state index contributed by atoms with van der Waals surface area (Å²) in [5, 5.41) is 11.8. The second-order valence-electron chi connectivity index (χ2n) is 8.29. The minimum Gasteiger partial charge on any atom is -0.336 e. The number of thioether (sulfide) groups is 1. The molecule has 0 aliphatic carbocycles. The number of anilines is 1. The maximum Gasteiger partial charge on any atom is 0.243 e. The highest BCUT2D eigenvalue weighted by Gasteiger charge is 2.25. The van der Waals surface area contributed by atoms with Crippen molar-refractivity contribution in [3.63, 3.8) is 0 Å². The van der Waals surface area contributed by atoms with Crippen molar-refractivity contribution in [2.75, 3.05) is 31.2 Å². The highest BCUT2D eigenvalue weighted by atomic mass is 32.2. The lowest BCUT2D eigenvalue weighted by Crippen LogP contribution is -2.36. The Kier molecular flexibility index (Phi) is 7.76. The standard InChI is InChI=1S/C24H27N7O3S/c1-17-8-10-18(11-9-17)26-21(32)15-29(2)23(34)16-35-24-28-27-20(14-30-13-5-7-22(30)33)31(24)19-6-3-4-12-25-19/h3-4,6,8-12H,5,7,13-16H2,1-2H3,(H,26,32). The molecule has 0 saturated carbocycles. The lowest BCUT2D eigenvalue weighted by Gasteiger charge is -2.17. The number of aromatic nitrogens is 4. The van der Waals surface area contributed by atoms with Gasteiger partial charge < -0.3 is 15.1 Å². The fourth-order valence-corrected chi connectivity index (χ4v) is 4.53. The molecule has 0 spiro atoms. The third-order valence-corrected chi connectivity index (χ3v) is 6.46. The summed E-state index contributed by atoms with van der Waals surface area (Å²) < 4.78 is 1.77. The number of hydrogen-bond donors (Lipinski definition) is 1. The van der Waals surface area contributed by atoms with E-state index >= 15 is 0 Å². The lowest BCUT2D eigenvalue weighted by molar-refractivity contribution is -0.131. The number of nitrogens with zero attached hydrogens (tertiary/aromatic N) is 6. The summed E-state index contributed by atoms with van der Waals surface area (Å²) in [6.07, 6.45) is 3.04. The molecule has 3 heterocycles. The van der Waals surface area contributed by atoms with E-state index in [9.17, 15) is 14.4 Å². The Morgan fingerprint density at radius 2 is 1.94 bits per heavy atom. The van der Waals surface area contributed by atoms with Crippen molar-refractivity contribution in [2.45, 2.75) is 31.5 Å². The van der Waals surface area contributed by atoms with Crippen LogP contribution in [0, 0.1) is 6.92 Å².